The van der Waals surface area contributed by atoms with Crippen LogP contribution < -0.4 is 0 Å². The van der Waals surface area contributed by atoms with E-state index in [0.29, 0.717) is 0 Å². The van der Waals surface area contributed by atoms with E-state index in [4.69, 9.17) is 23.7 Å². The molecule has 0 unspecified atom stereocenters. The van der Waals surface area contributed by atoms with Gasteiger partial charge in [0.2, 0.25) is 0 Å². The summed E-state index contributed by atoms with van der Waals surface area (Å²) in [6, 6.07) is 0. The molecule has 0 aliphatic rings. The number of hydrogen-bond donors (Lipinski definition) is 0. The first-order valence-electron chi connectivity index (χ1n) is 0.447. The van der Waals surface area contributed by atoms with Crippen LogP contribution in [0.2, 0.25) is 0 Å². The molecule has 0 atom stereocenters. The second-order valence-electron chi connectivity index (χ2n) is 0. The van der Waals surface area contributed by atoms with Crippen LogP contribution in [0.3, 0.4) is 0 Å². The van der Waals surface area contributed by atoms with Gasteiger partial charge in [0.05, 0.1) is 0 Å². The number of rotatable bonds is 0. The Morgan fingerprint density at radius 1 is 0.833 bits per heavy atom. The smallest absolute Gasteiger partial charge is 0.512 e. The van der Waals surface area contributed by atoms with Crippen LogP contribution in [-0.2, 0) is 34.1 Å². The van der Waals surface area contributed by atoms with Crippen molar-refractivity contribution in [1.29, 1.82) is 10.5 Å². The zero-order valence-electron chi connectivity index (χ0n) is 2.55. The summed E-state index contributed by atoms with van der Waals surface area (Å²) >= 11 is 0. The van der Waals surface area contributed by atoms with Crippen LogP contribution >= 0.6 is 0 Å². The number of hydrogen-bond acceptors (Lipinski definition) is 2. The summed E-state index contributed by atoms with van der Waals surface area (Å²) in [5.41, 5.74) is 0. The maximum Gasteiger partial charge on any atom is 2.00 e. The first-order valence-corrected chi connectivity index (χ1v) is 0.447. The molecule has 0 aromatic heterocycles. The second kappa shape index (κ2) is 225000. The van der Waals surface area contributed by atoms with Crippen LogP contribution in [-0.4, -0.2) is 0 Å². The Balaban J connectivity index is -0.00000000500. The van der Waals surface area contributed by atoms with Gasteiger partial charge in [-0.1, -0.05) is 0 Å². The third-order valence-electron chi connectivity index (χ3n) is 0. The first-order chi connectivity index (χ1) is 2.00. The summed E-state index contributed by atoms with van der Waals surface area (Å²) in [4.78, 5) is 0. The minimum Gasteiger partial charge on any atom is -0.512 e. The van der Waals surface area contributed by atoms with E-state index in [1.807, 2.05) is 0 Å². The van der Waals surface area contributed by atoms with E-state index in [1.54, 1.807) is 0 Å². The molecule has 0 saturated carbocycles. The molecular formula is C2CuFeN2. The molecule has 0 amide bonds. The van der Waals surface area contributed by atoms with Crippen molar-refractivity contribution in [3.05, 3.63) is 13.1 Å². The average molecular weight is 171 g/mol. The predicted molar refractivity (Wildman–Crippen MR) is 9.94 cm³/mol. The zero-order chi connectivity index (χ0) is 4.00. The molecule has 0 N–H and O–H groups in total. The molecule has 0 rings (SSSR count). The van der Waals surface area contributed by atoms with Crippen LogP contribution in [0.25, 0.3) is 0 Å². The largest absolute Gasteiger partial charge is 2.00 e. The van der Waals surface area contributed by atoms with Crippen molar-refractivity contribution in [2.45, 2.75) is 0 Å². The van der Waals surface area contributed by atoms with Crippen LogP contribution in [0.4, 0.5) is 0 Å². The fourth-order valence-electron chi connectivity index (χ4n) is 0. The van der Waals surface area contributed by atoms with E-state index in [0.717, 1.165) is 0 Å². The van der Waals surface area contributed by atoms with Crippen LogP contribution in [0.5, 0.6) is 0 Å². The molecule has 0 heterocycles. The molecular weight excluding hydrogens is 171 g/mol. The molecule has 0 aliphatic carbocycles. The molecule has 2 nitrogen and oxygen atoms in total. The monoisotopic (exact) mass is 171 g/mol. The van der Waals surface area contributed by atoms with Gasteiger partial charge in [-0.3, -0.25) is 0 Å². The molecule has 6 heavy (non-hydrogen) atoms. The molecule has 0 spiro atoms. The normalized spacial score (nSPS) is 0.667. The Kier molecular flexibility index (Phi) is 1400000. The number of nitrogens with zero attached hydrogens (tertiary/aromatic N) is 2. The molecule has 37 valence electrons. The summed E-state index contributed by atoms with van der Waals surface area (Å²) in [7, 11) is 0. The van der Waals surface area contributed by atoms with Gasteiger partial charge in [-0.15, -0.1) is 0 Å². The third-order valence-corrected chi connectivity index (χ3v) is 0. The predicted octanol–water partition coefficient (Wildman–Crippen LogP) is 0.188. The van der Waals surface area contributed by atoms with Gasteiger partial charge in [0, 0.05) is 17.1 Å². The molecule has 4 heteroatoms. The molecule has 0 aliphatic heterocycles. The summed E-state index contributed by atoms with van der Waals surface area (Å²) < 4.78 is 0. The van der Waals surface area contributed by atoms with Gasteiger partial charge in [-0.25, -0.2) is 0 Å². The Morgan fingerprint density at radius 2 is 0.833 bits per heavy atom. The molecule has 0 bridgehead atoms. The Hall–Kier alpha value is 0.0190. The summed E-state index contributed by atoms with van der Waals surface area (Å²) in [5, 5.41) is 12.5. The molecule has 0 fully saturated rings. The van der Waals surface area contributed by atoms with Crippen molar-refractivity contribution >= 4 is 0 Å². The molecule has 0 aromatic carbocycles. The van der Waals surface area contributed by atoms with Crippen molar-refractivity contribution in [1.82, 2.24) is 0 Å². The summed E-state index contributed by atoms with van der Waals surface area (Å²) in [6.07, 6.45) is 0. The van der Waals surface area contributed by atoms with Gasteiger partial charge in [0.25, 0.3) is 0 Å². The standard InChI is InChI=1S/2CN.Cu.Fe/c2*1-2;;/q2*-1;;+2. The van der Waals surface area contributed by atoms with Gasteiger partial charge in [0.1, 0.15) is 0 Å². The Labute approximate surface area is 58.1 Å². The first kappa shape index (κ1) is 37.2. The summed E-state index contributed by atoms with van der Waals surface area (Å²) in [6.45, 7) is 9.50. The fraction of sp³-hybridized carbons (Fsp3) is 0. The fourth-order valence-corrected chi connectivity index (χ4v) is 0. The van der Waals surface area contributed by atoms with Gasteiger partial charge in [-0.2, -0.15) is 0 Å². The van der Waals surface area contributed by atoms with E-state index in [9.17, 15) is 0 Å². The van der Waals surface area contributed by atoms with Crippen molar-refractivity contribution in [2.24, 2.45) is 0 Å². The Bertz CT molecular complexity index is 27.0. The topological polar surface area (TPSA) is 47.6 Å². The minimum atomic E-state index is 0. The van der Waals surface area contributed by atoms with Crippen LogP contribution in [0, 0.1) is 23.7 Å². The van der Waals surface area contributed by atoms with Crippen LogP contribution in [0.15, 0.2) is 0 Å². The van der Waals surface area contributed by atoms with E-state index < -0.39 is 0 Å². The quantitative estimate of drug-likeness (QED) is 0.386. The average Bonchev–Trinajstić information content (AvgIpc) is 1.50. The molecule has 0 saturated heterocycles. The van der Waals surface area contributed by atoms with E-state index in [2.05, 4.69) is 0 Å². The zero-order valence-corrected chi connectivity index (χ0v) is 4.60. The van der Waals surface area contributed by atoms with E-state index in [-0.39, 0.29) is 34.1 Å². The molecule has 1 radical (unpaired) electrons. The Morgan fingerprint density at radius 3 is 0.833 bits per heavy atom. The van der Waals surface area contributed by atoms with Crippen molar-refractivity contribution in [3.8, 4) is 0 Å². The maximum atomic E-state index is 6.25. The van der Waals surface area contributed by atoms with E-state index in [1.165, 1.54) is 0 Å². The molecule has 0 aromatic rings. The van der Waals surface area contributed by atoms with Crippen LogP contribution in [0.1, 0.15) is 0 Å². The van der Waals surface area contributed by atoms with Gasteiger partial charge in [-0.05, 0) is 0 Å². The van der Waals surface area contributed by atoms with Gasteiger partial charge in [0.15, 0.2) is 0 Å². The van der Waals surface area contributed by atoms with Gasteiger partial charge < -0.3 is 23.7 Å². The van der Waals surface area contributed by atoms with Crippen molar-refractivity contribution in [2.75, 3.05) is 0 Å². The maximum absolute atomic E-state index is 6.25. The van der Waals surface area contributed by atoms with Gasteiger partial charge >= 0.3 is 17.1 Å². The minimum absolute atomic E-state index is 0. The summed E-state index contributed by atoms with van der Waals surface area (Å²) in [5.74, 6) is 0. The van der Waals surface area contributed by atoms with Crippen molar-refractivity contribution in [3.63, 3.8) is 0 Å². The third kappa shape index (κ3) is 102000. The van der Waals surface area contributed by atoms with E-state index >= 15 is 0 Å². The SMILES string of the molecule is [C-]#N.[C-]#N.[Cu].[Fe+2]. The second-order valence-corrected chi connectivity index (χ2v) is 0. The van der Waals surface area contributed by atoms with Crippen molar-refractivity contribution < 1.29 is 34.1 Å².